The van der Waals surface area contributed by atoms with Crippen LogP contribution in [0.1, 0.15) is 48.8 Å². The maximum Gasteiger partial charge on any atom is 0.323 e. The summed E-state index contributed by atoms with van der Waals surface area (Å²) in [7, 11) is 0. The average Bonchev–Trinajstić information content (AvgIpc) is 3.65. The zero-order chi connectivity index (χ0) is 27.3. The highest BCUT2D eigenvalue weighted by Gasteiger charge is 2.41. The standard InChI is InChI=1S/C29H29N3O4S3/c1-2-30-27(36)25(39-29(30)37)28-32(16-24(33)34)26(35)23(38-28)14-18-11-12-22-20(13-18)19-9-6-10-21(19)31(22)15-17-7-4-3-5-8-17/h3-5,7-8,11-14,19,21,29,37H,2,6,9-10,15-16H2,1H3,(H,33,34)/b23-14+,28-25+. The molecule has 3 aliphatic rings. The first-order valence-corrected chi connectivity index (χ1v) is 15.3. The average molecular weight is 580 g/mol. The lowest BCUT2D eigenvalue weighted by Gasteiger charge is -2.27. The summed E-state index contributed by atoms with van der Waals surface area (Å²) in [6, 6.07) is 17.4. The number of benzene rings is 2. The Balaban J connectivity index is 1.43. The van der Waals surface area contributed by atoms with Crippen molar-refractivity contribution in [3.8, 4) is 0 Å². The number of amides is 1. The van der Waals surface area contributed by atoms with E-state index in [1.807, 2.05) is 25.1 Å². The number of carboxylic acids is 1. The normalized spacial score (nSPS) is 24.0. The van der Waals surface area contributed by atoms with E-state index in [1.165, 1.54) is 57.3 Å². The van der Waals surface area contributed by atoms with Crippen LogP contribution in [-0.4, -0.2) is 43.7 Å². The molecule has 3 aromatic rings. The number of fused-ring (bicyclic) bond motifs is 3. The molecule has 39 heavy (non-hydrogen) atoms. The van der Waals surface area contributed by atoms with Gasteiger partial charge in [0.15, 0.2) is 0 Å². The smallest absolute Gasteiger partial charge is 0.323 e. The van der Waals surface area contributed by atoms with Crippen LogP contribution < -0.4 is 19.7 Å². The van der Waals surface area contributed by atoms with E-state index in [0.717, 1.165) is 18.5 Å². The third-order valence-electron chi connectivity index (χ3n) is 7.81. The van der Waals surface area contributed by atoms with Gasteiger partial charge in [0.1, 0.15) is 20.8 Å². The Morgan fingerprint density at radius 3 is 2.64 bits per heavy atom. The van der Waals surface area contributed by atoms with Crippen LogP contribution in [0.5, 0.6) is 0 Å². The van der Waals surface area contributed by atoms with Crippen molar-refractivity contribution in [1.82, 2.24) is 9.47 Å². The molecule has 1 N–H and O–H groups in total. The molecule has 3 unspecified atom stereocenters. The van der Waals surface area contributed by atoms with E-state index in [1.54, 1.807) is 4.90 Å². The molecule has 1 amide bonds. The molecular weight excluding hydrogens is 551 g/mol. The summed E-state index contributed by atoms with van der Waals surface area (Å²) < 4.78 is 1.64. The molecule has 10 heteroatoms. The fourth-order valence-corrected chi connectivity index (χ4v) is 8.97. The molecule has 0 radical (unpaired) electrons. The molecule has 0 spiro atoms. The number of hydrogen-bond acceptors (Lipinski definition) is 7. The summed E-state index contributed by atoms with van der Waals surface area (Å²) >= 11 is 6.92. The monoisotopic (exact) mass is 579 g/mol. The third kappa shape index (κ3) is 4.72. The van der Waals surface area contributed by atoms with Crippen LogP contribution in [0.25, 0.3) is 11.0 Å². The number of carbonyl (C=O) groups is 2. The molecule has 1 saturated heterocycles. The number of aromatic nitrogens is 1. The van der Waals surface area contributed by atoms with E-state index in [-0.39, 0.29) is 10.6 Å². The molecule has 3 heterocycles. The van der Waals surface area contributed by atoms with Crippen LogP contribution in [0, 0.1) is 0 Å². The van der Waals surface area contributed by atoms with Gasteiger partial charge in [-0.05, 0) is 54.7 Å². The van der Waals surface area contributed by atoms with Gasteiger partial charge < -0.3 is 14.9 Å². The molecule has 6 rings (SSSR count). The van der Waals surface area contributed by atoms with E-state index in [4.69, 9.17) is 0 Å². The van der Waals surface area contributed by atoms with Crippen molar-refractivity contribution in [2.75, 3.05) is 11.4 Å². The number of aliphatic carboxylic acids is 1. The van der Waals surface area contributed by atoms with Gasteiger partial charge in [-0.2, -0.15) is 0 Å². The summed E-state index contributed by atoms with van der Waals surface area (Å²) in [5, 5.41) is 9.50. The number of hydrogen-bond donors (Lipinski definition) is 2. The largest absolute Gasteiger partial charge is 0.480 e. The van der Waals surface area contributed by atoms with Crippen LogP contribution in [0.15, 0.2) is 53.3 Å². The van der Waals surface area contributed by atoms with Crippen molar-refractivity contribution in [1.29, 1.82) is 0 Å². The predicted molar refractivity (Wildman–Crippen MR) is 160 cm³/mol. The number of anilines is 1. The lowest BCUT2D eigenvalue weighted by atomic mass is 9.96. The fraction of sp³-hybridized carbons (Fsp3) is 0.345. The Kier molecular flexibility index (Phi) is 7.11. The molecule has 2 fully saturated rings. The number of carboxylic acid groups (broad SMARTS) is 1. The second-order valence-electron chi connectivity index (χ2n) is 10.1. The summed E-state index contributed by atoms with van der Waals surface area (Å²) in [4.78, 5) is 42.5. The molecule has 3 atom stereocenters. The van der Waals surface area contributed by atoms with Gasteiger partial charge in [-0.25, -0.2) is 0 Å². The first kappa shape index (κ1) is 26.3. The lowest BCUT2D eigenvalue weighted by molar-refractivity contribution is -0.137. The lowest BCUT2D eigenvalue weighted by Crippen LogP contribution is -2.35. The van der Waals surface area contributed by atoms with E-state index < -0.39 is 18.1 Å². The highest BCUT2D eigenvalue weighted by molar-refractivity contribution is 8.18. The zero-order valence-corrected chi connectivity index (χ0v) is 24.0. The molecule has 202 valence electrons. The Labute approximate surface area is 239 Å². The summed E-state index contributed by atoms with van der Waals surface area (Å²) in [6.07, 6.45) is 5.36. The van der Waals surface area contributed by atoms with Crippen molar-refractivity contribution in [3.63, 3.8) is 0 Å². The van der Waals surface area contributed by atoms with Gasteiger partial charge in [-0.1, -0.05) is 54.6 Å². The predicted octanol–water partition coefficient (Wildman–Crippen LogP) is 3.40. The molecule has 0 bridgehead atoms. The van der Waals surface area contributed by atoms with Crippen LogP contribution in [0.4, 0.5) is 5.69 Å². The maximum atomic E-state index is 13.4. The minimum absolute atomic E-state index is 0.224. The Morgan fingerprint density at radius 2 is 1.92 bits per heavy atom. The number of thiol groups is 1. The first-order chi connectivity index (χ1) is 18.9. The number of rotatable bonds is 6. The molecule has 1 aromatic heterocycles. The topological polar surface area (TPSA) is 82.9 Å². The molecule has 1 saturated carbocycles. The Bertz CT molecular complexity index is 1630. The summed E-state index contributed by atoms with van der Waals surface area (Å²) in [6.45, 7) is 2.72. The summed E-state index contributed by atoms with van der Waals surface area (Å²) in [5.41, 5.74) is 4.37. The highest BCUT2D eigenvalue weighted by atomic mass is 32.2. The van der Waals surface area contributed by atoms with E-state index in [9.17, 15) is 19.5 Å². The van der Waals surface area contributed by atoms with E-state index >= 15 is 0 Å². The fourth-order valence-electron chi connectivity index (χ4n) is 6.07. The van der Waals surface area contributed by atoms with Gasteiger partial charge in [0, 0.05) is 30.7 Å². The van der Waals surface area contributed by atoms with Crippen LogP contribution in [0.2, 0.25) is 0 Å². The maximum absolute atomic E-state index is 13.4. The van der Waals surface area contributed by atoms with Crippen molar-refractivity contribution >= 4 is 64.3 Å². The SMILES string of the molecule is CCN1C(=O)/C(=c2\s/c(=C/c3ccc4c(c3)C3CCCC3N4Cc3ccccc3)c(=O)n2CC(=O)O)SC1S. The molecular formula is C29H29N3O4S3. The quantitative estimate of drug-likeness (QED) is 0.436. The molecule has 2 aliphatic heterocycles. The van der Waals surface area contributed by atoms with Crippen molar-refractivity contribution in [2.24, 2.45) is 0 Å². The van der Waals surface area contributed by atoms with Gasteiger partial charge in [0.2, 0.25) is 0 Å². The van der Waals surface area contributed by atoms with Gasteiger partial charge in [0.05, 0.1) is 4.53 Å². The van der Waals surface area contributed by atoms with Crippen LogP contribution >= 0.6 is 35.7 Å². The van der Waals surface area contributed by atoms with E-state index in [2.05, 4.69) is 53.9 Å². The second-order valence-corrected chi connectivity index (χ2v) is 13.1. The first-order valence-electron chi connectivity index (χ1n) is 13.1. The number of thioether (sulfide) groups is 1. The van der Waals surface area contributed by atoms with Crippen molar-refractivity contribution < 1.29 is 14.7 Å². The minimum Gasteiger partial charge on any atom is -0.480 e. The van der Waals surface area contributed by atoms with Gasteiger partial charge in [-0.15, -0.1) is 24.0 Å². The molecule has 1 aliphatic carbocycles. The van der Waals surface area contributed by atoms with E-state index in [0.29, 0.717) is 32.6 Å². The Morgan fingerprint density at radius 1 is 1.13 bits per heavy atom. The second kappa shape index (κ2) is 10.6. The zero-order valence-electron chi connectivity index (χ0n) is 21.4. The Hall–Kier alpha value is -2.95. The van der Waals surface area contributed by atoms with Crippen LogP contribution in [0.3, 0.4) is 0 Å². The molecule has 2 aromatic carbocycles. The van der Waals surface area contributed by atoms with Crippen molar-refractivity contribution in [2.45, 2.75) is 55.9 Å². The number of nitrogens with zero attached hydrogens (tertiary/aromatic N) is 3. The number of thiazole rings is 1. The van der Waals surface area contributed by atoms with Gasteiger partial charge in [-0.3, -0.25) is 19.0 Å². The van der Waals surface area contributed by atoms with Gasteiger partial charge >= 0.3 is 5.97 Å². The minimum atomic E-state index is -1.13. The van der Waals surface area contributed by atoms with Crippen molar-refractivity contribution in [3.05, 3.63) is 84.8 Å². The summed E-state index contributed by atoms with van der Waals surface area (Å²) in [5.74, 6) is -0.885. The molecule has 7 nitrogen and oxygen atoms in total. The third-order valence-corrected chi connectivity index (χ3v) is 10.7. The number of carbonyl (C=O) groups excluding carboxylic acids is 1. The van der Waals surface area contributed by atoms with Gasteiger partial charge in [0.25, 0.3) is 11.5 Å². The van der Waals surface area contributed by atoms with Crippen LogP contribution in [-0.2, 0) is 22.7 Å². The highest BCUT2D eigenvalue weighted by Crippen LogP contribution is 2.50.